The Kier molecular flexibility index (Phi) is 7.12. The number of hydrogen-bond acceptors (Lipinski definition) is 3. The number of benzene rings is 2. The molecule has 4 nitrogen and oxygen atoms in total. The van der Waals surface area contributed by atoms with Gasteiger partial charge < -0.3 is 14.7 Å². The lowest BCUT2D eigenvalue weighted by Crippen LogP contribution is -2.34. The first-order chi connectivity index (χ1) is 13.7. The summed E-state index contributed by atoms with van der Waals surface area (Å²) in [5.74, 6) is -0.454. The average molecular weight is 380 g/mol. The molecule has 0 fully saturated rings. The number of anilines is 1. The van der Waals surface area contributed by atoms with Crippen LogP contribution in [0.2, 0.25) is 0 Å². The van der Waals surface area contributed by atoms with E-state index in [1.165, 1.54) is 36.8 Å². The molecule has 1 aliphatic rings. The number of rotatable bonds is 9. The fourth-order valence-electron chi connectivity index (χ4n) is 3.64. The number of aromatic carboxylic acids is 1. The standard InChI is InChI=1S/C24H29NO3/c1-2-3-4-6-12-20(17-19-10-7-5-8-11-19)18-25-15-16-28-23-21(24(26)27)13-9-14-22(23)25/h5,7-11,13-14,17H,2-4,6,12,15-16,18H2,1H3,(H,26,27)/b20-17+. The molecule has 0 radical (unpaired) electrons. The van der Waals surface area contributed by atoms with Gasteiger partial charge in [-0.2, -0.15) is 0 Å². The number of unbranched alkanes of at least 4 members (excludes halogenated alkanes) is 3. The quantitative estimate of drug-likeness (QED) is 0.573. The summed E-state index contributed by atoms with van der Waals surface area (Å²) >= 11 is 0. The molecule has 0 atom stereocenters. The van der Waals surface area contributed by atoms with Gasteiger partial charge >= 0.3 is 5.97 Å². The second-order valence-corrected chi connectivity index (χ2v) is 7.25. The summed E-state index contributed by atoms with van der Waals surface area (Å²) in [6.45, 7) is 4.29. The van der Waals surface area contributed by atoms with Gasteiger partial charge in [0, 0.05) is 6.54 Å². The van der Waals surface area contributed by atoms with Gasteiger partial charge in [0.1, 0.15) is 12.2 Å². The number of carboxylic acids is 1. The monoisotopic (exact) mass is 379 g/mol. The summed E-state index contributed by atoms with van der Waals surface area (Å²) in [7, 11) is 0. The van der Waals surface area contributed by atoms with E-state index in [1.807, 2.05) is 12.1 Å². The molecule has 1 heterocycles. The Hall–Kier alpha value is -2.75. The molecule has 0 saturated heterocycles. The molecule has 4 heteroatoms. The molecular weight excluding hydrogens is 350 g/mol. The number of nitrogens with zero attached hydrogens (tertiary/aromatic N) is 1. The Morgan fingerprint density at radius 3 is 2.68 bits per heavy atom. The van der Waals surface area contributed by atoms with E-state index in [-0.39, 0.29) is 5.56 Å². The average Bonchev–Trinajstić information content (AvgIpc) is 2.71. The molecule has 2 aromatic rings. The van der Waals surface area contributed by atoms with Crippen molar-refractivity contribution in [2.45, 2.75) is 39.0 Å². The van der Waals surface area contributed by atoms with Crippen molar-refractivity contribution in [2.75, 3.05) is 24.6 Å². The van der Waals surface area contributed by atoms with E-state index >= 15 is 0 Å². The number of para-hydroxylation sites is 1. The predicted octanol–water partition coefficient (Wildman–Crippen LogP) is 5.64. The van der Waals surface area contributed by atoms with Crippen LogP contribution in [0.15, 0.2) is 54.1 Å². The van der Waals surface area contributed by atoms with Crippen LogP contribution in [-0.4, -0.2) is 30.8 Å². The van der Waals surface area contributed by atoms with Crippen LogP contribution >= 0.6 is 0 Å². The molecule has 148 valence electrons. The van der Waals surface area contributed by atoms with E-state index in [4.69, 9.17) is 4.74 Å². The number of fused-ring (bicyclic) bond motifs is 1. The van der Waals surface area contributed by atoms with Crippen LogP contribution in [0.4, 0.5) is 5.69 Å². The van der Waals surface area contributed by atoms with Gasteiger partial charge in [-0.1, -0.05) is 74.2 Å². The molecule has 0 aliphatic carbocycles. The van der Waals surface area contributed by atoms with Crippen molar-refractivity contribution >= 4 is 17.7 Å². The summed E-state index contributed by atoms with van der Waals surface area (Å²) < 4.78 is 5.72. The molecule has 1 N–H and O–H groups in total. The molecule has 0 bridgehead atoms. The van der Waals surface area contributed by atoms with Crippen LogP contribution in [0.1, 0.15) is 54.9 Å². The zero-order chi connectivity index (χ0) is 19.8. The summed E-state index contributed by atoms with van der Waals surface area (Å²) in [4.78, 5) is 13.8. The van der Waals surface area contributed by atoms with Crippen LogP contribution in [0, 0.1) is 0 Å². The number of carbonyl (C=O) groups is 1. The third-order valence-electron chi connectivity index (χ3n) is 5.09. The van der Waals surface area contributed by atoms with Gasteiger partial charge in [-0.15, -0.1) is 0 Å². The van der Waals surface area contributed by atoms with Gasteiger partial charge in [-0.25, -0.2) is 4.79 Å². The Balaban J connectivity index is 1.82. The largest absolute Gasteiger partial charge is 0.489 e. The zero-order valence-corrected chi connectivity index (χ0v) is 16.6. The highest BCUT2D eigenvalue weighted by Gasteiger charge is 2.24. The van der Waals surface area contributed by atoms with Crippen molar-refractivity contribution in [3.8, 4) is 5.75 Å². The molecule has 28 heavy (non-hydrogen) atoms. The minimum absolute atomic E-state index is 0.235. The third-order valence-corrected chi connectivity index (χ3v) is 5.09. The Bertz CT molecular complexity index is 814. The first-order valence-electron chi connectivity index (χ1n) is 10.2. The summed E-state index contributed by atoms with van der Waals surface area (Å²) in [5, 5.41) is 9.46. The molecule has 3 rings (SSSR count). The van der Waals surface area contributed by atoms with Crippen molar-refractivity contribution in [3.63, 3.8) is 0 Å². The van der Waals surface area contributed by atoms with Gasteiger partial charge in [0.15, 0.2) is 5.75 Å². The molecule has 1 aliphatic heterocycles. The number of ether oxygens (including phenoxy) is 1. The van der Waals surface area contributed by atoms with Crippen LogP contribution in [0.3, 0.4) is 0 Å². The third kappa shape index (κ3) is 5.16. The predicted molar refractivity (Wildman–Crippen MR) is 114 cm³/mol. The van der Waals surface area contributed by atoms with Crippen LogP contribution in [0.5, 0.6) is 5.75 Å². The smallest absolute Gasteiger partial charge is 0.339 e. The SMILES string of the molecule is CCCCCC/C(=C\c1ccccc1)CN1CCOc2c(C(=O)O)cccc21. The van der Waals surface area contributed by atoms with Crippen molar-refractivity contribution in [2.24, 2.45) is 0 Å². The Labute approximate surface area is 167 Å². The van der Waals surface area contributed by atoms with Gasteiger partial charge in [0.2, 0.25) is 0 Å². The number of carboxylic acid groups (broad SMARTS) is 1. The highest BCUT2D eigenvalue weighted by molar-refractivity contribution is 5.93. The summed E-state index contributed by atoms with van der Waals surface area (Å²) in [6, 6.07) is 15.8. The van der Waals surface area contributed by atoms with Gasteiger partial charge in [-0.05, 0) is 30.5 Å². The zero-order valence-electron chi connectivity index (χ0n) is 16.6. The van der Waals surface area contributed by atoms with Crippen molar-refractivity contribution < 1.29 is 14.6 Å². The lowest BCUT2D eigenvalue weighted by atomic mass is 10.0. The van der Waals surface area contributed by atoms with E-state index in [9.17, 15) is 9.90 Å². The topological polar surface area (TPSA) is 49.8 Å². The highest BCUT2D eigenvalue weighted by atomic mass is 16.5. The molecular formula is C24H29NO3. The summed E-state index contributed by atoms with van der Waals surface area (Å²) in [6.07, 6.45) is 8.25. The van der Waals surface area contributed by atoms with E-state index in [0.29, 0.717) is 12.4 Å². The maximum absolute atomic E-state index is 11.5. The molecule has 0 saturated carbocycles. The Morgan fingerprint density at radius 2 is 1.93 bits per heavy atom. The van der Waals surface area contributed by atoms with Crippen molar-refractivity contribution in [1.82, 2.24) is 0 Å². The highest BCUT2D eigenvalue weighted by Crippen LogP contribution is 2.35. The van der Waals surface area contributed by atoms with Crippen LogP contribution in [-0.2, 0) is 0 Å². The Morgan fingerprint density at radius 1 is 1.11 bits per heavy atom. The molecule has 0 amide bonds. The molecule has 0 unspecified atom stereocenters. The normalized spacial score (nSPS) is 13.8. The van der Waals surface area contributed by atoms with E-state index in [2.05, 4.69) is 42.2 Å². The maximum atomic E-state index is 11.5. The number of hydrogen-bond donors (Lipinski definition) is 1. The van der Waals surface area contributed by atoms with Gasteiger partial charge in [0.25, 0.3) is 0 Å². The second kappa shape index (κ2) is 9.98. The van der Waals surface area contributed by atoms with Crippen LogP contribution < -0.4 is 9.64 Å². The van der Waals surface area contributed by atoms with Crippen molar-refractivity contribution in [1.29, 1.82) is 0 Å². The lowest BCUT2D eigenvalue weighted by molar-refractivity contribution is 0.0692. The van der Waals surface area contributed by atoms with Crippen molar-refractivity contribution in [3.05, 3.63) is 65.2 Å². The fraction of sp³-hybridized carbons (Fsp3) is 0.375. The summed E-state index contributed by atoms with van der Waals surface area (Å²) in [5.41, 5.74) is 3.69. The maximum Gasteiger partial charge on any atom is 0.339 e. The fourth-order valence-corrected chi connectivity index (χ4v) is 3.64. The van der Waals surface area contributed by atoms with Gasteiger partial charge in [0.05, 0.1) is 12.2 Å². The lowest BCUT2D eigenvalue weighted by Gasteiger charge is -2.32. The minimum atomic E-state index is -0.946. The molecule has 0 aromatic heterocycles. The van der Waals surface area contributed by atoms with Crippen LogP contribution in [0.25, 0.3) is 6.08 Å². The van der Waals surface area contributed by atoms with E-state index in [1.54, 1.807) is 12.1 Å². The van der Waals surface area contributed by atoms with Gasteiger partial charge in [-0.3, -0.25) is 0 Å². The van der Waals surface area contributed by atoms with E-state index in [0.717, 1.165) is 25.2 Å². The first kappa shape index (κ1) is 20.0. The molecule has 0 spiro atoms. The minimum Gasteiger partial charge on any atom is -0.489 e. The molecule has 2 aromatic carbocycles. The first-order valence-corrected chi connectivity index (χ1v) is 10.2. The second-order valence-electron chi connectivity index (χ2n) is 7.25. The van der Waals surface area contributed by atoms with E-state index < -0.39 is 5.97 Å².